The summed E-state index contributed by atoms with van der Waals surface area (Å²) in [4.78, 5) is 0. The van der Waals surface area contributed by atoms with Crippen LogP contribution in [-0.2, 0) is 0 Å². The van der Waals surface area contributed by atoms with Gasteiger partial charge in [0.15, 0.2) is 0 Å². The molecule has 0 aromatic heterocycles. The van der Waals surface area contributed by atoms with E-state index in [1.54, 1.807) is 0 Å². The number of hydrogen-bond donors (Lipinski definition) is 1. The summed E-state index contributed by atoms with van der Waals surface area (Å²) < 4.78 is 24.4. The molecule has 1 unspecified atom stereocenters. The van der Waals surface area contributed by atoms with Crippen LogP contribution in [0.3, 0.4) is 0 Å². The maximum Gasteiger partial charge on any atom is 0.260 e. The van der Waals surface area contributed by atoms with Gasteiger partial charge in [0.25, 0.3) is 6.43 Å². The van der Waals surface area contributed by atoms with Crippen LogP contribution in [0.1, 0.15) is 26.2 Å². The molecule has 64 valence electrons. The molecule has 0 radical (unpaired) electrons. The topological polar surface area (TPSA) is 20.2 Å². The van der Waals surface area contributed by atoms with Crippen LogP contribution in [0.4, 0.5) is 8.78 Å². The molecule has 0 saturated heterocycles. The maximum absolute atomic E-state index is 12.2. The highest BCUT2D eigenvalue weighted by molar-refractivity contribution is 5.23. The third-order valence-electron chi connectivity index (χ3n) is 2.08. The third kappa shape index (κ3) is 1.77. The lowest BCUT2D eigenvalue weighted by atomic mass is 10.1. The molecule has 1 rings (SSSR count). The Labute approximate surface area is 64.7 Å². The lowest BCUT2D eigenvalue weighted by Gasteiger charge is -2.01. The normalized spacial score (nSPS) is 25.4. The average Bonchev–Trinajstić information content (AvgIpc) is 2.30. The molecule has 1 atom stereocenters. The van der Waals surface area contributed by atoms with Crippen LogP contribution >= 0.6 is 0 Å². The zero-order chi connectivity index (χ0) is 8.43. The van der Waals surface area contributed by atoms with E-state index >= 15 is 0 Å². The zero-order valence-corrected chi connectivity index (χ0v) is 6.48. The zero-order valence-electron chi connectivity index (χ0n) is 6.48. The van der Waals surface area contributed by atoms with Gasteiger partial charge in [-0.15, -0.1) is 0 Å². The van der Waals surface area contributed by atoms with Gasteiger partial charge >= 0.3 is 0 Å². The van der Waals surface area contributed by atoms with Gasteiger partial charge in [-0.2, -0.15) is 0 Å². The van der Waals surface area contributed by atoms with E-state index in [-0.39, 0.29) is 12.0 Å². The highest BCUT2D eigenvalue weighted by atomic mass is 19.3. The van der Waals surface area contributed by atoms with Gasteiger partial charge in [-0.25, -0.2) is 8.78 Å². The second kappa shape index (κ2) is 3.30. The van der Waals surface area contributed by atoms with Gasteiger partial charge in [0.1, 0.15) is 0 Å². The van der Waals surface area contributed by atoms with Gasteiger partial charge in [-0.05, 0) is 18.4 Å². The first kappa shape index (κ1) is 8.65. The number of aliphatic hydroxyl groups is 1. The molecule has 1 N–H and O–H groups in total. The summed E-state index contributed by atoms with van der Waals surface area (Å²) in [7, 11) is 0. The Bertz CT molecular complexity index is 175. The molecule has 0 aliphatic heterocycles. The fourth-order valence-electron chi connectivity index (χ4n) is 1.50. The average molecular weight is 162 g/mol. The van der Waals surface area contributed by atoms with Crippen molar-refractivity contribution in [2.45, 2.75) is 38.7 Å². The first-order chi connectivity index (χ1) is 5.15. The first-order valence-corrected chi connectivity index (χ1v) is 3.82. The standard InChI is InChI=1S/C8H12F2O/c1-2-5-3-6(11)4-7(5)8(9)10/h6,8,11H,2-4H2,1H3. The predicted molar refractivity (Wildman–Crippen MR) is 38.6 cm³/mol. The molecule has 3 heteroatoms. The summed E-state index contributed by atoms with van der Waals surface area (Å²) in [5.41, 5.74) is 0.910. The van der Waals surface area contributed by atoms with Crippen LogP contribution < -0.4 is 0 Å². The van der Waals surface area contributed by atoms with Crippen molar-refractivity contribution >= 4 is 0 Å². The number of aliphatic hydroxyl groups excluding tert-OH is 1. The summed E-state index contributed by atoms with van der Waals surface area (Å²) in [6.45, 7) is 1.84. The summed E-state index contributed by atoms with van der Waals surface area (Å²) in [5, 5.41) is 9.07. The highest BCUT2D eigenvalue weighted by Gasteiger charge is 2.26. The van der Waals surface area contributed by atoms with Gasteiger partial charge in [0.05, 0.1) is 6.10 Å². The number of rotatable bonds is 2. The molecule has 0 fully saturated rings. The molecular weight excluding hydrogens is 150 g/mol. The minimum atomic E-state index is -2.37. The molecule has 0 amide bonds. The van der Waals surface area contributed by atoms with E-state index in [1.165, 1.54) is 0 Å². The quantitative estimate of drug-likeness (QED) is 0.616. The van der Waals surface area contributed by atoms with Crippen molar-refractivity contribution in [1.29, 1.82) is 0 Å². The number of hydrogen-bond acceptors (Lipinski definition) is 1. The van der Waals surface area contributed by atoms with Gasteiger partial charge < -0.3 is 5.11 Å². The van der Waals surface area contributed by atoms with Crippen molar-refractivity contribution < 1.29 is 13.9 Å². The second-order valence-corrected chi connectivity index (χ2v) is 2.85. The maximum atomic E-state index is 12.2. The monoisotopic (exact) mass is 162 g/mol. The SMILES string of the molecule is CCC1=C(C(F)F)CC(O)C1. The van der Waals surface area contributed by atoms with Crippen molar-refractivity contribution in [3.63, 3.8) is 0 Å². The van der Waals surface area contributed by atoms with E-state index in [2.05, 4.69) is 0 Å². The molecule has 0 heterocycles. The lowest BCUT2D eigenvalue weighted by molar-refractivity contribution is 0.157. The fourth-order valence-corrected chi connectivity index (χ4v) is 1.50. The number of alkyl halides is 2. The minimum Gasteiger partial charge on any atom is -0.392 e. The summed E-state index contributed by atoms with van der Waals surface area (Å²) in [5.74, 6) is 0. The van der Waals surface area contributed by atoms with Crippen LogP contribution in [0.5, 0.6) is 0 Å². The van der Waals surface area contributed by atoms with Crippen LogP contribution in [0, 0.1) is 0 Å². The van der Waals surface area contributed by atoms with Gasteiger partial charge in [0, 0.05) is 6.42 Å². The van der Waals surface area contributed by atoms with Crippen LogP contribution in [0.25, 0.3) is 0 Å². The van der Waals surface area contributed by atoms with E-state index in [9.17, 15) is 8.78 Å². The van der Waals surface area contributed by atoms with Crippen LogP contribution in [0.2, 0.25) is 0 Å². The fraction of sp³-hybridized carbons (Fsp3) is 0.750. The van der Waals surface area contributed by atoms with E-state index in [0.717, 1.165) is 5.57 Å². The summed E-state index contributed by atoms with van der Waals surface area (Å²) >= 11 is 0. The Hall–Kier alpha value is -0.440. The van der Waals surface area contributed by atoms with E-state index < -0.39 is 12.5 Å². The predicted octanol–water partition coefficient (Wildman–Crippen LogP) is 2.11. The van der Waals surface area contributed by atoms with Gasteiger partial charge in [0.2, 0.25) is 0 Å². The van der Waals surface area contributed by atoms with Crippen molar-refractivity contribution in [2.24, 2.45) is 0 Å². The molecule has 0 spiro atoms. The third-order valence-corrected chi connectivity index (χ3v) is 2.08. The first-order valence-electron chi connectivity index (χ1n) is 3.82. The van der Waals surface area contributed by atoms with Crippen LogP contribution in [0.15, 0.2) is 11.1 Å². The smallest absolute Gasteiger partial charge is 0.260 e. The van der Waals surface area contributed by atoms with E-state index in [0.29, 0.717) is 12.8 Å². The molecule has 11 heavy (non-hydrogen) atoms. The highest BCUT2D eigenvalue weighted by Crippen LogP contribution is 2.32. The minimum absolute atomic E-state index is 0.167. The van der Waals surface area contributed by atoms with Crippen molar-refractivity contribution in [3.05, 3.63) is 11.1 Å². The summed E-state index contributed by atoms with van der Waals surface area (Å²) in [6, 6.07) is 0. The van der Waals surface area contributed by atoms with Crippen molar-refractivity contribution in [3.8, 4) is 0 Å². The van der Waals surface area contributed by atoms with Crippen molar-refractivity contribution in [2.75, 3.05) is 0 Å². The number of halogens is 2. The molecule has 0 bridgehead atoms. The van der Waals surface area contributed by atoms with Crippen molar-refractivity contribution in [1.82, 2.24) is 0 Å². The molecular formula is C8H12F2O. The molecule has 0 saturated carbocycles. The lowest BCUT2D eigenvalue weighted by Crippen LogP contribution is -2.02. The Morgan fingerprint density at radius 1 is 1.55 bits per heavy atom. The molecule has 1 aliphatic carbocycles. The Kier molecular flexibility index (Phi) is 2.60. The second-order valence-electron chi connectivity index (χ2n) is 2.85. The Balaban J connectivity index is 2.71. The molecule has 1 aliphatic rings. The van der Waals surface area contributed by atoms with Gasteiger partial charge in [-0.1, -0.05) is 12.5 Å². The van der Waals surface area contributed by atoms with E-state index in [4.69, 9.17) is 5.11 Å². The van der Waals surface area contributed by atoms with E-state index in [1.807, 2.05) is 6.92 Å². The molecule has 0 aromatic rings. The largest absolute Gasteiger partial charge is 0.392 e. The Morgan fingerprint density at radius 2 is 2.18 bits per heavy atom. The molecule has 0 aromatic carbocycles. The molecule has 1 nitrogen and oxygen atoms in total. The van der Waals surface area contributed by atoms with Gasteiger partial charge in [-0.3, -0.25) is 0 Å². The Morgan fingerprint density at radius 3 is 2.55 bits per heavy atom. The summed E-state index contributed by atoms with van der Waals surface area (Å²) in [6.07, 6.45) is -1.69. The van der Waals surface area contributed by atoms with Crippen LogP contribution in [-0.4, -0.2) is 17.6 Å².